The zero-order chi connectivity index (χ0) is 19.9. The molecule has 26 heavy (non-hydrogen) atoms. The van der Waals surface area contributed by atoms with Crippen LogP contribution in [-0.4, -0.2) is 39.7 Å². The summed E-state index contributed by atoms with van der Waals surface area (Å²) in [6, 6.07) is 0. The van der Waals surface area contributed by atoms with E-state index in [4.69, 9.17) is 4.52 Å². The Hall–Kier alpha value is 0.110. The number of rotatable bonds is 6. The maximum absolute atomic E-state index is 14.3. The molecule has 1 heterocycles. The second-order valence-electron chi connectivity index (χ2n) is 10.3. The first-order valence-corrected chi connectivity index (χ1v) is 12.3. The van der Waals surface area contributed by atoms with Crippen LogP contribution in [0.15, 0.2) is 0 Å². The molecule has 1 aliphatic heterocycles. The van der Waals surface area contributed by atoms with E-state index in [0.29, 0.717) is 30.1 Å². The van der Waals surface area contributed by atoms with Gasteiger partial charge in [-0.3, -0.25) is 4.57 Å². The van der Waals surface area contributed by atoms with Crippen molar-refractivity contribution in [3.63, 3.8) is 0 Å². The van der Waals surface area contributed by atoms with Crippen molar-refractivity contribution < 1.29 is 14.2 Å². The molecule has 0 radical (unpaired) electrons. The summed E-state index contributed by atoms with van der Waals surface area (Å²) in [6.45, 7) is 18.0. The van der Waals surface area contributed by atoms with Gasteiger partial charge in [0.1, 0.15) is 0 Å². The summed E-state index contributed by atoms with van der Waals surface area (Å²) in [7, 11) is -3.13. The van der Waals surface area contributed by atoms with Crippen LogP contribution in [0.2, 0.25) is 0 Å². The predicted molar refractivity (Wildman–Crippen MR) is 110 cm³/mol. The van der Waals surface area contributed by atoms with Gasteiger partial charge in [-0.25, -0.2) is 4.67 Å². The highest BCUT2D eigenvalue weighted by Crippen LogP contribution is 2.67. The monoisotopic (exact) mass is 387 g/mol. The molecule has 2 rings (SSSR count). The van der Waals surface area contributed by atoms with E-state index in [0.717, 1.165) is 19.4 Å². The molecule has 0 spiro atoms. The van der Waals surface area contributed by atoms with E-state index in [9.17, 15) is 9.67 Å². The third kappa shape index (κ3) is 4.40. The lowest BCUT2D eigenvalue weighted by atomic mass is 9.71. The fourth-order valence-corrected chi connectivity index (χ4v) is 8.31. The highest BCUT2D eigenvalue weighted by molar-refractivity contribution is 7.57. The summed E-state index contributed by atoms with van der Waals surface area (Å²) >= 11 is 0. The van der Waals surface area contributed by atoms with Gasteiger partial charge in [0.05, 0.1) is 17.9 Å². The van der Waals surface area contributed by atoms with Gasteiger partial charge in [0.15, 0.2) is 0 Å². The minimum atomic E-state index is -3.13. The predicted octanol–water partition coefficient (Wildman–Crippen LogP) is 5.55. The van der Waals surface area contributed by atoms with Crippen LogP contribution in [0.1, 0.15) is 81.1 Å². The Morgan fingerprint density at radius 1 is 1.15 bits per heavy atom. The van der Waals surface area contributed by atoms with Gasteiger partial charge in [0, 0.05) is 18.0 Å². The zero-order valence-corrected chi connectivity index (χ0v) is 19.1. The number of fused-ring (bicyclic) bond motifs is 1. The van der Waals surface area contributed by atoms with Gasteiger partial charge in [-0.15, -0.1) is 0 Å². The molecule has 5 heteroatoms. The van der Waals surface area contributed by atoms with Crippen LogP contribution in [0.3, 0.4) is 0 Å². The lowest BCUT2D eigenvalue weighted by molar-refractivity contribution is -0.0550. The Morgan fingerprint density at radius 2 is 1.77 bits per heavy atom. The third-order valence-corrected chi connectivity index (χ3v) is 9.87. The van der Waals surface area contributed by atoms with E-state index in [-0.39, 0.29) is 17.3 Å². The number of hydrogen-bond donors (Lipinski definition) is 1. The molecule has 1 saturated carbocycles. The van der Waals surface area contributed by atoms with Crippen molar-refractivity contribution in [3.8, 4) is 0 Å². The Balaban J connectivity index is 2.40. The minimum Gasteiger partial charge on any atom is -0.392 e. The summed E-state index contributed by atoms with van der Waals surface area (Å²) < 4.78 is 23.0. The summed E-state index contributed by atoms with van der Waals surface area (Å²) in [5.41, 5.74) is -0.532. The maximum Gasteiger partial charge on any atom is 0.278 e. The van der Waals surface area contributed by atoms with Gasteiger partial charge in [-0.2, -0.15) is 0 Å². The fraction of sp³-hybridized carbons (Fsp3) is 1.00. The molecule has 2 aliphatic rings. The van der Waals surface area contributed by atoms with Crippen LogP contribution in [0.25, 0.3) is 0 Å². The average molecular weight is 388 g/mol. The smallest absolute Gasteiger partial charge is 0.278 e. The molecule has 0 aromatic carbocycles. The molecule has 1 saturated heterocycles. The molecule has 0 bridgehead atoms. The minimum absolute atomic E-state index is 0.0525. The van der Waals surface area contributed by atoms with Crippen LogP contribution >= 0.6 is 7.52 Å². The van der Waals surface area contributed by atoms with E-state index in [2.05, 4.69) is 53.1 Å². The summed E-state index contributed by atoms with van der Waals surface area (Å²) in [4.78, 5) is 0. The van der Waals surface area contributed by atoms with Crippen molar-refractivity contribution in [1.82, 2.24) is 4.67 Å². The molecule has 1 N–H and O–H groups in total. The van der Waals surface area contributed by atoms with E-state index < -0.39 is 13.6 Å². The van der Waals surface area contributed by atoms with E-state index >= 15 is 0 Å². The van der Waals surface area contributed by atoms with Gasteiger partial charge in [0.2, 0.25) is 0 Å². The largest absolute Gasteiger partial charge is 0.392 e. The number of nitrogens with zero attached hydrogens (tertiary/aromatic N) is 1. The molecule has 4 nitrogen and oxygen atoms in total. The van der Waals surface area contributed by atoms with Crippen molar-refractivity contribution in [3.05, 3.63) is 0 Å². The molecule has 2 fully saturated rings. The number of aliphatic hydroxyl groups excluding tert-OH is 1. The van der Waals surface area contributed by atoms with Crippen molar-refractivity contribution in [2.24, 2.45) is 23.7 Å². The van der Waals surface area contributed by atoms with Crippen LogP contribution < -0.4 is 0 Å². The quantitative estimate of drug-likeness (QED) is 0.607. The summed E-state index contributed by atoms with van der Waals surface area (Å²) in [5, 5.41) is 10.8. The lowest BCUT2D eigenvalue weighted by Gasteiger charge is -2.58. The first kappa shape index (κ1) is 22.4. The maximum atomic E-state index is 14.3. The van der Waals surface area contributed by atoms with Crippen LogP contribution in [-0.2, 0) is 9.09 Å². The SMILES string of the molecule is CC(C)C[C@@H](O)[C@H](C)[P@]1(=O)O[C@@H]2C[C@H](C)CC[C@H]2C(C)(C)N1CC(C)C. The highest BCUT2D eigenvalue weighted by atomic mass is 31.2. The molecule has 0 unspecified atom stereocenters. The topological polar surface area (TPSA) is 49.8 Å². The molecular formula is C21H42NO3P. The second-order valence-corrected chi connectivity index (χ2v) is 12.9. The van der Waals surface area contributed by atoms with Gasteiger partial charge in [-0.05, 0) is 57.8 Å². The Kier molecular flexibility index (Phi) is 7.09. The first-order chi connectivity index (χ1) is 11.9. The average Bonchev–Trinajstić information content (AvgIpc) is 2.49. The van der Waals surface area contributed by atoms with Gasteiger partial charge in [-0.1, -0.05) is 41.0 Å². The summed E-state index contributed by atoms with van der Waals surface area (Å²) in [6.07, 6.45) is 3.46. The van der Waals surface area contributed by atoms with Crippen molar-refractivity contribution in [2.45, 2.75) is 104 Å². The van der Waals surface area contributed by atoms with E-state index in [1.807, 2.05) is 6.92 Å². The molecule has 0 aromatic rings. The number of aliphatic hydroxyl groups is 1. The van der Waals surface area contributed by atoms with Crippen molar-refractivity contribution in [1.29, 1.82) is 0 Å². The molecule has 1 aliphatic carbocycles. The van der Waals surface area contributed by atoms with Gasteiger partial charge < -0.3 is 9.63 Å². The highest BCUT2D eigenvalue weighted by Gasteiger charge is 2.58. The van der Waals surface area contributed by atoms with E-state index in [1.165, 1.54) is 6.42 Å². The van der Waals surface area contributed by atoms with Gasteiger partial charge in [0.25, 0.3) is 7.52 Å². The zero-order valence-electron chi connectivity index (χ0n) is 18.2. The summed E-state index contributed by atoms with van der Waals surface area (Å²) in [5.74, 6) is 1.81. The van der Waals surface area contributed by atoms with Crippen LogP contribution in [0.5, 0.6) is 0 Å². The Bertz CT molecular complexity index is 519. The Labute approximate surface area is 161 Å². The number of hydrogen-bond acceptors (Lipinski definition) is 3. The van der Waals surface area contributed by atoms with Gasteiger partial charge >= 0.3 is 0 Å². The molecular weight excluding hydrogens is 345 g/mol. The molecule has 0 aromatic heterocycles. The lowest BCUT2D eigenvalue weighted by Crippen LogP contribution is -2.60. The molecule has 0 amide bonds. The fourth-order valence-electron chi connectivity index (χ4n) is 4.96. The molecule has 154 valence electrons. The van der Waals surface area contributed by atoms with Crippen molar-refractivity contribution in [2.75, 3.05) is 6.54 Å². The van der Waals surface area contributed by atoms with Crippen LogP contribution in [0, 0.1) is 23.7 Å². The van der Waals surface area contributed by atoms with Crippen molar-refractivity contribution >= 4 is 7.52 Å². The van der Waals surface area contributed by atoms with E-state index in [1.54, 1.807) is 0 Å². The molecule has 6 atom stereocenters. The first-order valence-electron chi connectivity index (χ1n) is 10.6. The Morgan fingerprint density at radius 3 is 2.31 bits per heavy atom. The normalized spacial score (nSPS) is 37.6. The third-order valence-electron chi connectivity index (χ3n) is 6.57. The standard InChI is InChI=1S/C21H42NO3P/c1-14(2)11-19(23)17(6)26(24)22(13-15(3)4)21(7,8)18-10-9-16(5)12-20(18)25-26/h14-20,23H,9-13H2,1-8H3/t16-,17+,18-,19-,20-,26+/m1/s1. The van der Waals surface area contributed by atoms with Crippen LogP contribution in [0.4, 0.5) is 0 Å². The second kappa shape index (κ2) is 8.23.